The molecule has 2 aromatic rings. The van der Waals surface area contributed by atoms with Crippen molar-refractivity contribution in [3.05, 3.63) is 47.5 Å². The Morgan fingerprint density at radius 2 is 1.96 bits per heavy atom. The van der Waals surface area contributed by atoms with E-state index in [2.05, 4.69) is 5.32 Å². The number of anilines is 1. The standard InChI is InChI=1S/C18H20N2O5S/c1-10-11(2)25-17-13(10)5-4-6-14(17)18(21)20-12-7-8-15(24-3)16(9-12)26(19,22)23/h4-11H,1-3H3,(H,20,21)(H2,19,22,23). The third-order valence-electron chi connectivity index (χ3n) is 4.52. The summed E-state index contributed by atoms with van der Waals surface area (Å²) in [5.41, 5.74) is 1.66. The number of sulfonamides is 1. The predicted octanol–water partition coefficient (Wildman–Crippen LogP) is 2.48. The average Bonchev–Trinajstić information content (AvgIpc) is 2.88. The fraction of sp³-hybridized carbons (Fsp3) is 0.278. The molecule has 0 saturated heterocycles. The normalized spacial score (nSPS) is 18.8. The quantitative estimate of drug-likeness (QED) is 0.852. The lowest BCUT2D eigenvalue weighted by Gasteiger charge is -2.12. The average molecular weight is 376 g/mol. The van der Waals surface area contributed by atoms with Gasteiger partial charge < -0.3 is 14.8 Å². The molecule has 1 amide bonds. The van der Waals surface area contributed by atoms with Gasteiger partial charge >= 0.3 is 0 Å². The van der Waals surface area contributed by atoms with E-state index in [9.17, 15) is 13.2 Å². The van der Waals surface area contributed by atoms with Crippen molar-refractivity contribution in [3.8, 4) is 11.5 Å². The number of carbonyl (C=O) groups is 1. The topological polar surface area (TPSA) is 108 Å². The van der Waals surface area contributed by atoms with Crippen LogP contribution in [0.1, 0.15) is 35.7 Å². The summed E-state index contributed by atoms with van der Waals surface area (Å²) in [4.78, 5) is 12.5. The van der Waals surface area contributed by atoms with E-state index in [1.807, 2.05) is 19.9 Å². The smallest absolute Gasteiger partial charge is 0.259 e. The van der Waals surface area contributed by atoms with Gasteiger partial charge in [-0.05, 0) is 31.2 Å². The Labute approximate surface area is 152 Å². The van der Waals surface area contributed by atoms with Crippen molar-refractivity contribution < 1.29 is 22.7 Å². The number of benzene rings is 2. The van der Waals surface area contributed by atoms with Gasteiger partial charge in [0.1, 0.15) is 22.5 Å². The lowest BCUT2D eigenvalue weighted by atomic mass is 9.97. The third kappa shape index (κ3) is 3.25. The summed E-state index contributed by atoms with van der Waals surface area (Å²) in [5.74, 6) is 0.462. The first-order valence-electron chi connectivity index (χ1n) is 8.04. The second-order valence-corrected chi connectivity index (χ2v) is 7.73. The summed E-state index contributed by atoms with van der Waals surface area (Å²) < 4.78 is 34.3. The van der Waals surface area contributed by atoms with Gasteiger partial charge in [0, 0.05) is 17.2 Å². The van der Waals surface area contributed by atoms with Gasteiger partial charge in [0.25, 0.3) is 5.91 Å². The molecule has 0 spiro atoms. The number of rotatable bonds is 4. The molecule has 138 valence electrons. The van der Waals surface area contributed by atoms with Gasteiger partial charge in [-0.1, -0.05) is 19.1 Å². The van der Waals surface area contributed by atoms with Gasteiger partial charge in [0.05, 0.1) is 12.7 Å². The molecule has 0 aromatic heterocycles. The minimum Gasteiger partial charge on any atom is -0.495 e. The number of ether oxygens (including phenoxy) is 2. The van der Waals surface area contributed by atoms with E-state index in [0.29, 0.717) is 11.3 Å². The number of methoxy groups -OCH3 is 1. The maximum absolute atomic E-state index is 12.7. The molecule has 3 N–H and O–H groups in total. The predicted molar refractivity (Wildman–Crippen MR) is 97.3 cm³/mol. The van der Waals surface area contributed by atoms with Crippen LogP contribution in [0.3, 0.4) is 0 Å². The highest BCUT2D eigenvalue weighted by atomic mass is 32.2. The van der Waals surface area contributed by atoms with Crippen LogP contribution < -0.4 is 19.9 Å². The molecular formula is C18H20N2O5S. The molecule has 2 unspecified atom stereocenters. The van der Waals surface area contributed by atoms with Crippen molar-refractivity contribution >= 4 is 21.6 Å². The fourth-order valence-electron chi connectivity index (χ4n) is 2.94. The van der Waals surface area contributed by atoms with E-state index in [0.717, 1.165) is 5.56 Å². The van der Waals surface area contributed by atoms with Gasteiger partial charge in [0.15, 0.2) is 0 Å². The van der Waals surface area contributed by atoms with Crippen molar-refractivity contribution in [1.29, 1.82) is 0 Å². The number of hydrogen-bond donors (Lipinski definition) is 2. The molecule has 0 aliphatic carbocycles. The number of nitrogens with two attached hydrogens (primary N) is 1. The van der Waals surface area contributed by atoms with Gasteiger partial charge in [-0.15, -0.1) is 0 Å². The molecule has 8 heteroatoms. The zero-order valence-corrected chi connectivity index (χ0v) is 15.5. The Balaban J connectivity index is 1.93. The van der Waals surface area contributed by atoms with Crippen LogP contribution in [-0.2, 0) is 10.0 Å². The van der Waals surface area contributed by atoms with Crippen LogP contribution in [0, 0.1) is 0 Å². The Morgan fingerprint density at radius 1 is 1.23 bits per heavy atom. The Bertz CT molecular complexity index is 972. The highest BCUT2D eigenvalue weighted by Crippen LogP contribution is 2.40. The van der Waals surface area contributed by atoms with Crippen molar-refractivity contribution in [2.75, 3.05) is 12.4 Å². The molecule has 0 radical (unpaired) electrons. The monoisotopic (exact) mass is 376 g/mol. The number of amides is 1. The van der Waals surface area contributed by atoms with E-state index in [4.69, 9.17) is 14.6 Å². The molecule has 2 atom stereocenters. The Hall–Kier alpha value is -2.58. The SMILES string of the molecule is COc1ccc(NC(=O)c2cccc3c2OC(C)C3C)cc1S(N)(=O)=O. The largest absolute Gasteiger partial charge is 0.495 e. The molecule has 0 fully saturated rings. The van der Waals surface area contributed by atoms with Crippen LogP contribution in [0.25, 0.3) is 0 Å². The summed E-state index contributed by atoms with van der Waals surface area (Å²) >= 11 is 0. The number of hydrogen-bond acceptors (Lipinski definition) is 5. The van der Waals surface area contributed by atoms with E-state index in [-0.39, 0.29) is 28.4 Å². The van der Waals surface area contributed by atoms with Crippen LogP contribution in [0.5, 0.6) is 11.5 Å². The highest BCUT2D eigenvalue weighted by Gasteiger charge is 2.31. The van der Waals surface area contributed by atoms with Crippen LogP contribution in [-0.4, -0.2) is 27.5 Å². The minimum atomic E-state index is -3.99. The van der Waals surface area contributed by atoms with E-state index in [1.165, 1.54) is 19.2 Å². The Kier molecular flexibility index (Phi) is 4.64. The van der Waals surface area contributed by atoms with Gasteiger partial charge in [0.2, 0.25) is 10.0 Å². The van der Waals surface area contributed by atoms with Gasteiger partial charge in [-0.3, -0.25) is 4.79 Å². The lowest BCUT2D eigenvalue weighted by Crippen LogP contribution is -2.16. The van der Waals surface area contributed by atoms with Crippen molar-refractivity contribution in [2.45, 2.75) is 30.8 Å². The van der Waals surface area contributed by atoms with Crippen LogP contribution in [0.2, 0.25) is 0 Å². The van der Waals surface area contributed by atoms with Crippen LogP contribution in [0.15, 0.2) is 41.3 Å². The summed E-state index contributed by atoms with van der Waals surface area (Å²) in [5, 5.41) is 7.89. The first-order valence-corrected chi connectivity index (χ1v) is 9.58. The zero-order chi connectivity index (χ0) is 19.1. The summed E-state index contributed by atoms with van der Waals surface area (Å²) in [6, 6.07) is 9.65. The van der Waals surface area contributed by atoms with Crippen molar-refractivity contribution in [2.24, 2.45) is 5.14 Å². The molecule has 7 nitrogen and oxygen atoms in total. The fourth-order valence-corrected chi connectivity index (χ4v) is 3.66. The molecular weight excluding hydrogens is 356 g/mol. The lowest BCUT2D eigenvalue weighted by molar-refractivity contribution is 0.102. The van der Waals surface area contributed by atoms with E-state index >= 15 is 0 Å². The number of para-hydroxylation sites is 1. The summed E-state index contributed by atoms with van der Waals surface area (Å²) in [6.07, 6.45) is -0.0195. The van der Waals surface area contributed by atoms with E-state index in [1.54, 1.807) is 18.2 Å². The molecule has 26 heavy (non-hydrogen) atoms. The molecule has 2 aromatic carbocycles. The third-order valence-corrected chi connectivity index (χ3v) is 5.45. The summed E-state index contributed by atoms with van der Waals surface area (Å²) in [7, 11) is -2.65. The molecule has 1 aliphatic rings. The molecule has 0 saturated carbocycles. The molecule has 3 rings (SSSR count). The van der Waals surface area contributed by atoms with E-state index < -0.39 is 15.9 Å². The molecule has 1 aliphatic heterocycles. The van der Waals surface area contributed by atoms with Crippen molar-refractivity contribution in [3.63, 3.8) is 0 Å². The zero-order valence-electron chi connectivity index (χ0n) is 14.6. The molecule has 1 heterocycles. The van der Waals surface area contributed by atoms with Crippen LogP contribution in [0.4, 0.5) is 5.69 Å². The maximum atomic E-state index is 12.7. The number of fused-ring (bicyclic) bond motifs is 1. The van der Waals surface area contributed by atoms with Crippen molar-refractivity contribution in [1.82, 2.24) is 0 Å². The highest BCUT2D eigenvalue weighted by molar-refractivity contribution is 7.89. The van der Waals surface area contributed by atoms with Gasteiger partial charge in [-0.25, -0.2) is 13.6 Å². The second kappa shape index (κ2) is 6.62. The number of carbonyl (C=O) groups excluding carboxylic acids is 1. The Morgan fingerprint density at radius 3 is 2.62 bits per heavy atom. The second-order valence-electron chi connectivity index (χ2n) is 6.20. The molecule has 0 bridgehead atoms. The minimum absolute atomic E-state index is 0.0195. The number of nitrogens with one attached hydrogen (secondary N) is 1. The van der Waals surface area contributed by atoms with Crippen LogP contribution >= 0.6 is 0 Å². The first kappa shape index (κ1) is 18.2. The summed E-state index contributed by atoms with van der Waals surface area (Å²) in [6.45, 7) is 3.99. The first-order chi connectivity index (χ1) is 12.2. The number of primary sulfonamides is 1. The van der Waals surface area contributed by atoms with Gasteiger partial charge in [-0.2, -0.15) is 0 Å². The maximum Gasteiger partial charge on any atom is 0.259 e.